The van der Waals surface area contributed by atoms with Crippen molar-refractivity contribution in [3.63, 3.8) is 0 Å². The zero-order valence-corrected chi connectivity index (χ0v) is 28.2. The minimum Gasteiger partial charge on any atom is -0.324 e. The highest BCUT2D eigenvalue weighted by Crippen LogP contribution is 2.29. The quantitative estimate of drug-likeness (QED) is 0.0904. The molecule has 0 bridgehead atoms. The van der Waals surface area contributed by atoms with Crippen molar-refractivity contribution in [3.8, 4) is 17.2 Å². The fraction of sp³-hybridized carbons (Fsp3) is 0.579. The first-order valence-electron chi connectivity index (χ1n) is 17.9. The number of carbonyl (C=O) groups excluding carboxylic acids is 2. The Bertz CT molecular complexity index is 1450. The second kappa shape index (κ2) is 21.0. The predicted octanol–water partition coefficient (Wildman–Crippen LogP) is 9.89. The van der Waals surface area contributed by atoms with Gasteiger partial charge in [-0.1, -0.05) is 147 Å². The molecule has 2 amide bonds. The molecule has 0 saturated carbocycles. The first kappa shape index (κ1) is 36.6. The van der Waals surface area contributed by atoms with E-state index < -0.39 is 5.56 Å². The third-order valence-corrected chi connectivity index (χ3v) is 8.67. The third-order valence-electron chi connectivity index (χ3n) is 8.67. The number of fused-ring (bicyclic) bond motifs is 1. The fourth-order valence-electron chi connectivity index (χ4n) is 5.95. The third kappa shape index (κ3) is 11.8. The number of anilines is 2. The van der Waals surface area contributed by atoms with Crippen LogP contribution >= 0.6 is 0 Å². The number of aromatic nitrogens is 2. The first-order chi connectivity index (χ1) is 22.5. The van der Waals surface area contributed by atoms with E-state index in [0.717, 1.165) is 44.1 Å². The maximum absolute atomic E-state index is 13.8. The van der Waals surface area contributed by atoms with Gasteiger partial charge in [0.05, 0.1) is 0 Å². The lowest BCUT2D eigenvalue weighted by Gasteiger charge is -2.13. The Morgan fingerprint density at radius 2 is 1.20 bits per heavy atom. The van der Waals surface area contributed by atoms with Crippen LogP contribution in [0.5, 0.6) is 0 Å². The molecule has 0 atom stereocenters. The maximum atomic E-state index is 13.8. The van der Waals surface area contributed by atoms with Crippen molar-refractivity contribution >= 4 is 29.0 Å². The summed E-state index contributed by atoms with van der Waals surface area (Å²) in [5.41, 5.74) is 1.47. The number of benzene rings is 1. The van der Waals surface area contributed by atoms with E-state index in [9.17, 15) is 19.6 Å². The Kier molecular flexibility index (Phi) is 16.7. The lowest BCUT2D eigenvalue weighted by molar-refractivity contribution is -0.117. The molecule has 8 nitrogen and oxygen atoms in total. The van der Waals surface area contributed by atoms with Gasteiger partial charge < -0.3 is 15.6 Å². The second-order valence-corrected chi connectivity index (χ2v) is 12.5. The fourth-order valence-corrected chi connectivity index (χ4v) is 5.95. The maximum Gasteiger partial charge on any atom is 0.283 e. The number of unbranched alkanes of at least 4 members (excludes halogenated alkanes) is 16. The molecule has 0 aliphatic heterocycles. The average Bonchev–Trinajstić information content (AvgIpc) is 3.44. The molecular weight excluding hydrogens is 574 g/mol. The highest BCUT2D eigenvalue weighted by molar-refractivity contribution is 5.99. The molecule has 1 aromatic carbocycles. The number of aromatic amines is 1. The van der Waals surface area contributed by atoms with Gasteiger partial charge in [0.15, 0.2) is 0 Å². The lowest BCUT2D eigenvalue weighted by Crippen LogP contribution is -2.26. The van der Waals surface area contributed by atoms with E-state index in [-0.39, 0.29) is 29.0 Å². The van der Waals surface area contributed by atoms with Gasteiger partial charge in [-0.3, -0.25) is 18.8 Å². The monoisotopic (exact) mass is 629 g/mol. The van der Waals surface area contributed by atoms with Crippen LogP contribution in [0.15, 0.2) is 41.3 Å². The molecule has 3 rings (SSSR count). The molecule has 0 unspecified atom stereocenters. The van der Waals surface area contributed by atoms with Gasteiger partial charge >= 0.3 is 0 Å². The van der Waals surface area contributed by atoms with Crippen molar-refractivity contribution in [2.75, 3.05) is 10.6 Å². The first-order valence-corrected chi connectivity index (χ1v) is 17.9. The summed E-state index contributed by atoms with van der Waals surface area (Å²) in [4.78, 5) is 42.9. The van der Waals surface area contributed by atoms with Gasteiger partial charge in [-0.2, -0.15) is 5.26 Å². The standard InChI is InChI=1S/C38H55N5O3/c1-3-5-7-9-11-13-15-17-22-26-33(44)40-35-36(41-34(45)27-23-18-16-14-12-10-8-6-4-2)42-37-31(28-39)32(29-43(37)38(35)46)30-24-20-19-21-25-30/h19-21,24-25,29,42H,3-18,22-23,26-27H2,1-2H3,(H,40,44)(H,41,45). The molecule has 8 heteroatoms. The largest absolute Gasteiger partial charge is 0.324 e. The van der Waals surface area contributed by atoms with Crippen LogP contribution in [0, 0.1) is 11.3 Å². The number of H-pyrrole nitrogens is 1. The summed E-state index contributed by atoms with van der Waals surface area (Å²) in [5.74, 6) is -0.378. The van der Waals surface area contributed by atoms with E-state index in [1.54, 1.807) is 6.20 Å². The van der Waals surface area contributed by atoms with Crippen molar-refractivity contribution in [3.05, 3.63) is 52.4 Å². The summed E-state index contributed by atoms with van der Waals surface area (Å²) in [6, 6.07) is 11.6. The van der Waals surface area contributed by atoms with Gasteiger partial charge in [0.2, 0.25) is 11.8 Å². The Labute approximate surface area is 275 Å². The summed E-state index contributed by atoms with van der Waals surface area (Å²) in [5, 5.41) is 15.7. The topological polar surface area (TPSA) is 119 Å². The Balaban J connectivity index is 1.69. The minimum atomic E-state index is -0.494. The van der Waals surface area contributed by atoms with E-state index in [2.05, 4.69) is 35.5 Å². The summed E-state index contributed by atoms with van der Waals surface area (Å²) < 4.78 is 1.35. The minimum absolute atomic E-state index is 0.00652. The van der Waals surface area contributed by atoms with Crippen molar-refractivity contribution < 1.29 is 9.59 Å². The SMILES string of the molecule is CCCCCCCCCCCC(=O)Nc1[nH]c2c(C#N)c(-c3ccccc3)cn2c(=O)c1NC(=O)CCCCCCCCCCC. The highest BCUT2D eigenvalue weighted by atomic mass is 16.2. The van der Waals surface area contributed by atoms with Crippen molar-refractivity contribution in [2.45, 2.75) is 142 Å². The van der Waals surface area contributed by atoms with Crippen molar-refractivity contribution in [1.29, 1.82) is 5.26 Å². The summed E-state index contributed by atoms with van der Waals surface area (Å²) in [7, 11) is 0. The molecule has 0 saturated heterocycles. The number of nitriles is 1. The van der Waals surface area contributed by atoms with Crippen LogP contribution in [0.3, 0.4) is 0 Å². The van der Waals surface area contributed by atoms with E-state index >= 15 is 0 Å². The molecular formula is C38H55N5O3. The van der Waals surface area contributed by atoms with Crippen LogP contribution in [-0.4, -0.2) is 21.2 Å². The van der Waals surface area contributed by atoms with Gasteiger partial charge in [-0.05, 0) is 18.4 Å². The zero-order chi connectivity index (χ0) is 33.0. The molecule has 0 aliphatic carbocycles. The van der Waals surface area contributed by atoms with E-state index in [1.165, 1.54) is 81.5 Å². The van der Waals surface area contributed by atoms with Gasteiger partial charge in [0.25, 0.3) is 5.56 Å². The predicted molar refractivity (Wildman–Crippen MR) is 189 cm³/mol. The zero-order valence-electron chi connectivity index (χ0n) is 28.2. The summed E-state index contributed by atoms with van der Waals surface area (Å²) in [6.07, 6.45) is 22.9. The molecule has 0 fully saturated rings. The molecule has 0 aliphatic rings. The van der Waals surface area contributed by atoms with E-state index in [4.69, 9.17) is 0 Å². The second-order valence-electron chi connectivity index (χ2n) is 12.5. The average molecular weight is 630 g/mol. The molecule has 3 N–H and O–H groups in total. The Morgan fingerprint density at radius 3 is 1.70 bits per heavy atom. The van der Waals surface area contributed by atoms with Gasteiger partial charge in [-0.25, -0.2) is 0 Å². The molecule has 46 heavy (non-hydrogen) atoms. The van der Waals surface area contributed by atoms with E-state index in [1.807, 2.05) is 30.3 Å². The molecule has 250 valence electrons. The Hall–Kier alpha value is -3.86. The van der Waals surface area contributed by atoms with Crippen LogP contribution in [0.2, 0.25) is 0 Å². The highest BCUT2D eigenvalue weighted by Gasteiger charge is 2.21. The van der Waals surface area contributed by atoms with E-state index in [0.29, 0.717) is 24.0 Å². The number of hydrogen-bond donors (Lipinski definition) is 3. The Morgan fingerprint density at radius 1 is 0.717 bits per heavy atom. The smallest absolute Gasteiger partial charge is 0.283 e. The van der Waals surface area contributed by atoms with Gasteiger partial charge in [0.1, 0.15) is 28.8 Å². The molecule has 0 radical (unpaired) electrons. The number of amides is 2. The number of carbonyl (C=O) groups is 2. The van der Waals surface area contributed by atoms with Crippen LogP contribution in [0.4, 0.5) is 11.5 Å². The molecule has 2 heterocycles. The molecule has 2 aromatic heterocycles. The van der Waals surface area contributed by atoms with Crippen molar-refractivity contribution in [2.24, 2.45) is 0 Å². The number of hydrogen-bond acceptors (Lipinski definition) is 4. The summed E-state index contributed by atoms with van der Waals surface area (Å²) in [6.45, 7) is 4.44. The normalized spacial score (nSPS) is 11.1. The van der Waals surface area contributed by atoms with Gasteiger partial charge in [-0.15, -0.1) is 0 Å². The van der Waals surface area contributed by atoms with Gasteiger partial charge in [0, 0.05) is 24.6 Å². The molecule has 3 aromatic rings. The van der Waals surface area contributed by atoms with Crippen LogP contribution in [-0.2, 0) is 9.59 Å². The number of nitrogens with zero attached hydrogens (tertiary/aromatic N) is 2. The number of rotatable bonds is 23. The summed E-state index contributed by atoms with van der Waals surface area (Å²) >= 11 is 0. The molecule has 0 spiro atoms. The van der Waals surface area contributed by atoms with Crippen LogP contribution in [0.1, 0.15) is 148 Å². The van der Waals surface area contributed by atoms with Crippen LogP contribution in [0.25, 0.3) is 16.8 Å². The lowest BCUT2D eigenvalue weighted by atomic mass is 10.1. The van der Waals surface area contributed by atoms with Crippen molar-refractivity contribution in [1.82, 2.24) is 9.38 Å². The van der Waals surface area contributed by atoms with Crippen LogP contribution < -0.4 is 16.2 Å². The number of nitrogens with one attached hydrogen (secondary N) is 3.